The number of hydrogen-bond donors (Lipinski definition) is 3. The van der Waals surface area contributed by atoms with Crippen LogP contribution in [-0.2, 0) is 6.18 Å². The van der Waals surface area contributed by atoms with Gasteiger partial charge < -0.3 is 19.9 Å². The number of nitrogens with one attached hydrogen (secondary N) is 1. The van der Waals surface area contributed by atoms with Crippen LogP contribution in [0.4, 0.5) is 19.2 Å². The molecule has 1 aromatic carbocycles. The maximum absolute atomic E-state index is 12.9. The van der Waals surface area contributed by atoms with Crippen LogP contribution in [0.25, 0.3) is 22.5 Å². The van der Waals surface area contributed by atoms with E-state index >= 15 is 0 Å². The minimum Gasteiger partial charge on any atom is -0.507 e. The fourth-order valence-electron chi connectivity index (χ4n) is 3.75. The van der Waals surface area contributed by atoms with E-state index in [9.17, 15) is 23.4 Å². The third kappa shape index (κ3) is 4.00. The topological polar surface area (TPSA) is 91.4 Å². The number of oxazole rings is 1. The van der Waals surface area contributed by atoms with E-state index in [1.807, 2.05) is 0 Å². The number of anilines is 1. The van der Waals surface area contributed by atoms with Crippen molar-refractivity contribution >= 4 is 17.2 Å². The average Bonchev–Trinajstić information content (AvgIpc) is 3.02. The number of phenols is 1. The molecule has 2 atom stereocenters. The van der Waals surface area contributed by atoms with Gasteiger partial charge in [0.15, 0.2) is 5.58 Å². The largest absolute Gasteiger partial charge is 0.507 e. The summed E-state index contributed by atoms with van der Waals surface area (Å²) in [5, 5.41) is 23.1. The molecule has 2 heterocycles. The number of aliphatic hydroxyl groups is 1. The van der Waals surface area contributed by atoms with Crippen LogP contribution < -0.4 is 5.32 Å². The fraction of sp³-hybridized carbons (Fsp3) is 0.400. The predicted molar refractivity (Wildman–Crippen MR) is 101 cm³/mol. The standard InChI is InChI=1S/C20H20F3N3O3/c1-10-7-11(20(21,22)23)8-15(28)17(10)14-5-6-16-18(25-14)26-19(29-16)24-12-3-2-4-13(27)9-12/h5-8,12-13,27-28H,2-4,9H2,1H3,(H,24,25,26). The molecule has 3 N–H and O–H groups in total. The zero-order chi connectivity index (χ0) is 20.8. The van der Waals surface area contributed by atoms with Crippen LogP contribution in [0.2, 0.25) is 0 Å². The molecular formula is C20H20F3N3O3. The van der Waals surface area contributed by atoms with Gasteiger partial charge in [-0.3, -0.25) is 0 Å². The quantitative estimate of drug-likeness (QED) is 0.586. The molecule has 1 fully saturated rings. The Bertz CT molecular complexity index is 1030. The molecule has 154 valence electrons. The first-order valence-electron chi connectivity index (χ1n) is 9.34. The summed E-state index contributed by atoms with van der Waals surface area (Å²) in [4.78, 5) is 8.65. The number of fused-ring (bicyclic) bond motifs is 1. The summed E-state index contributed by atoms with van der Waals surface area (Å²) in [6.07, 6.45) is -1.69. The number of benzene rings is 1. The van der Waals surface area contributed by atoms with E-state index in [1.165, 1.54) is 6.92 Å². The second-order valence-corrected chi connectivity index (χ2v) is 7.38. The van der Waals surface area contributed by atoms with Crippen LogP contribution in [0, 0.1) is 6.92 Å². The van der Waals surface area contributed by atoms with Crippen molar-refractivity contribution in [2.75, 3.05) is 5.32 Å². The summed E-state index contributed by atoms with van der Waals surface area (Å²) >= 11 is 0. The number of rotatable bonds is 3. The highest BCUT2D eigenvalue weighted by Crippen LogP contribution is 2.39. The maximum Gasteiger partial charge on any atom is 0.416 e. The lowest BCUT2D eigenvalue weighted by Crippen LogP contribution is -2.29. The highest BCUT2D eigenvalue weighted by Gasteiger charge is 2.32. The van der Waals surface area contributed by atoms with Gasteiger partial charge in [-0.05, 0) is 62.4 Å². The summed E-state index contributed by atoms with van der Waals surface area (Å²) in [6, 6.07) is 5.17. The number of aryl methyl sites for hydroxylation is 1. The van der Waals surface area contributed by atoms with Crippen molar-refractivity contribution in [1.29, 1.82) is 0 Å². The lowest BCUT2D eigenvalue weighted by Gasteiger charge is -2.25. The molecule has 6 nitrogen and oxygen atoms in total. The van der Waals surface area contributed by atoms with E-state index < -0.39 is 17.5 Å². The van der Waals surface area contributed by atoms with E-state index in [1.54, 1.807) is 12.1 Å². The average molecular weight is 407 g/mol. The highest BCUT2D eigenvalue weighted by molar-refractivity contribution is 5.78. The summed E-state index contributed by atoms with van der Waals surface area (Å²) < 4.78 is 44.5. The van der Waals surface area contributed by atoms with Crippen molar-refractivity contribution in [3.05, 3.63) is 35.4 Å². The molecule has 0 amide bonds. The van der Waals surface area contributed by atoms with Crippen LogP contribution in [0.1, 0.15) is 36.8 Å². The summed E-state index contributed by atoms with van der Waals surface area (Å²) in [7, 11) is 0. The minimum atomic E-state index is -4.54. The summed E-state index contributed by atoms with van der Waals surface area (Å²) in [5.41, 5.74) is 0.542. The number of aromatic nitrogens is 2. The van der Waals surface area contributed by atoms with Gasteiger partial charge in [0.25, 0.3) is 6.01 Å². The van der Waals surface area contributed by atoms with E-state index in [-0.39, 0.29) is 34.9 Å². The molecule has 0 bridgehead atoms. The van der Waals surface area contributed by atoms with Crippen LogP contribution in [0.3, 0.4) is 0 Å². The van der Waals surface area contributed by atoms with Crippen LogP contribution >= 0.6 is 0 Å². The zero-order valence-corrected chi connectivity index (χ0v) is 15.6. The monoisotopic (exact) mass is 407 g/mol. The Labute approximate surface area is 164 Å². The zero-order valence-electron chi connectivity index (χ0n) is 15.6. The molecule has 0 spiro atoms. The second kappa shape index (κ2) is 7.22. The highest BCUT2D eigenvalue weighted by atomic mass is 19.4. The van der Waals surface area contributed by atoms with Crippen molar-refractivity contribution in [2.45, 2.75) is 50.9 Å². The Morgan fingerprint density at radius 2 is 1.97 bits per heavy atom. The molecule has 29 heavy (non-hydrogen) atoms. The van der Waals surface area contributed by atoms with Gasteiger partial charge in [0.05, 0.1) is 17.4 Å². The Kier molecular flexibility index (Phi) is 4.85. The number of halogens is 3. The molecule has 1 aliphatic rings. The molecule has 2 aromatic heterocycles. The molecule has 0 saturated heterocycles. The van der Waals surface area contributed by atoms with Gasteiger partial charge in [-0.2, -0.15) is 18.2 Å². The smallest absolute Gasteiger partial charge is 0.416 e. The van der Waals surface area contributed by atoms with E-state index in [0.717, 1.165) is 25.3 Å². The number of pyridine rings is 1. The SMILES string of the molecule is Cc1cc(C(F)(F)F)cc(O)c1-c1ccc2oc(NC3CCCC(O)C3)nc2n1. The van der Waals surface area contributed by atoms with Crippen molar-refractivity contribution < 1.29 is 27.8 Å². The number of aliphatic hydroxyl groups excluding tert-OH is 1. The summed E-state index contributed by atoms with van der Waals surface area (Å²) in [5.74, 6) is -0.498. The number of aromatic hydroxyl groups is 1. The molecule has 3 aromatic rings. The molecule has 1 aliphatic carbocycles. The molecule has 1 saturated carbocycles. The Balaban J connectivity index is 1.64. The first kappa shape index (κ1) is 19.5. The summed E-state index contributed by atoms with van der Waals surface area (Å²) in [6.45, 7) is 1.49. The van der Waals surface area contributed by atoms with Gasteiger partial charge in [0.2, 0.25) is 5.65 Å². The third-order valence-electron chi connectivity index (χ3n) is 5.13. The fourth-order valence-corrected chi connectivity index (χ4v) is 3.75. The molecular weight excluding hydrogens is 387 g/mol. The third-order valence-corrected chi connectivity index (χ3v) is 5.13. The lowest BCUT2D eigenvalue weighted by atomic mass is 9.93. The first-order chi connectivity index (χ1) is 13.7. The molecule has 4 rings (SSSR count). The maximum atomic E-state index is 12.9. The second-order valence-electron chi connectivity index (χ2n) is 7.38. The van der Waals surface area contributed by atoms with Gasteiger partial charge in [0.1, 0.15) is 5.75 Å². The Morgan fingerprint density at radius 3 is 2.66 bits per heavy atom. The number of nitrogens with zero attached hydrogens (tertiary/aromatic N) is 2. The Morgan fingerprint density at radius 1 is 1.17 bits per heavy atom. The van der Waals surface area contributed by atoms with Gasteiger partial charge in [-0.15, -0.1) is 0 Å². The van der Waals surface area contributed by atoms with E-state index in [2.05, 4.69) is 15.3 Å². The lowest BCUT2D eigenvalue weighted by molar-refractivity contribution is -0.137. The number of hydrogen-bond acceptors (Lipinski definition) is 6. The molecule has 9 heteroatoms. The van der Waals surface area contributed by atoms with Crippen LogP contribution in [-0.4, -0.2) is 32.3 Å². The first-order valence-corrected chi connectivity index (χ1v) is 9.34. The number of alkyl halides is 3. The molecule has 2 unspecified atom stereocenters. The Hall–Kier alpha value is -2.81. The van der Waals surface area contributed by atoms with Crippen LogP contribution in [0.5, 0.6) is 5.75 Å². The van der Waals surface area contributed by atoms with Gasteiger partial charge in [-0.25, -0.2) is 4.98 Å². The molecule has 0 radical (unpaired) electrons. The van der Waals surface area contributed by atoms with Crippen molar-refractivity contribution in [3.8, 4) is 17.0 Å². The van der Waals surface area contributed by atoms with E-state index in [0.29, 0.717) is 23.8 Å². The predicted octanol–water partition coefficient (Wildman–Crippen LogP) is 4.64. The number of phenolic OH excluding ortho intramolecular Hbond substituents is 1. The van der Waals surface area contributed by atoms with E-state index in [4.69, 9.17) is 4.42 Å². The van der Waals surface area contributed by atoms with Gasteiger partial charge in [0, 0.05) is 11.6 Å². The van der Waals surface area contributed by atoms with Crippen LogP contribution in [0.15, 0.2) is 28.7 Å². The van der Waals surface area contributed by atoms with Gasteiger partial charge >= 0.3 is 6.18 Å². The van der Waals surface area contributed by atoms with Gasteiger partial charge in [-0.1, -0.05) is 0 Å². The van der Waals surface area contributed by atoms with Crippen molar-refractivity contribution in [1.82, 2.24) is 9.97 Å². The minimum absolute atomic E-state index is 0.0486. The van der Waals surface area contributed by atoms with Crippen molar-refractivity contribution in [3.63, 3.8) is 0 Å². The van der Waals surface area contributed by atoms with Crippen molar-refractivity contribution in [2.24, 2.45) is 0 Å². The molecule has 0 aliphatic heterocycles. The normalized spacial score (nSPS) is 20.2.